The summed E-state index contributed by atoms with van der Waals surface area (Å²) in [7, 11) is 0. The number of aryl methyl sites for hydroxylation is 3. The minimum absolute atomic E-state index is 0.155. The number of H-pyrrole nitrogens is 1. The van der Waals surface area contributed by atoms with E-state index in [9.17, 15) is 4.79 Å². The fraction of sp³-hybridized carbons (Fsp3) is 0.190. The molecule has 146 valence electrons. The van der Waals surface area contributed by atoms with Crippen molar-refractivity contribution in [2.24, 2.45) is 5.10 Å². The van der Waals surface area contributed by atoms with Crippen LogP contribution in [0.2, 0.25) is 0 Å². The highest BCUT2D eigenvalue weighted by Crippen LogP contribution is 2.18. The van der Waals surface area contributed by atoms with Gasteiger partial charge in [0, 0.05) is 18.4 Å². The first-order chi connectivity index (χ1) is 14.0. The second-order valence-corrected chi connectivity index (χ2v) is 7.19. The lowest BCUT2D eigenvalue weighted by Gasteiger charge is -2.11. The first-order valence-corrected chi connectivity index (χ1v) is 9.68. The van der Waals surface area contributed by atoms with Gasteiger partial charge in [0.15, 0.2) is 5.82 Å². The Bertz CT molecular complexity index is 1340. The Hall–Kier alpha value is -3.39. The Morgan fingerprint density at radius 1 is 1.17 bits per heavy atom. The number of aromatic nitrogens is 5. The van der Waals surface area contributed by atoms with Crippen molar-refractivity contribution < 1.29 is 0 Å². The molecule has 0 amide bonds. The molecule has 8 heteroatoms. The Labute approximate surface area is 172 Å². The van der Waals surface area contributed by atoms with E-state index in [1.54, 1.807) is 18.5 Å². The van der Waals surface area contributed by atoms with Crippen LogP contribution in [0.25, 0.3) is 22.4 Å². The summed E-state index contributed by atoms with van der Waals surface area (Å²) in [6, 6.07) is 11.6. The van der Waals surface area contributed by atoms with E-state index in [0.717, 1.165) is 11.3 Å². The lowest BCUT2D eigenvalue weighted by atomic mass is 10.1. The van der Waals surface area contributed by atoms with Crippen molar-refractivity contribution in [2.75, 3.05) is 0 Å². The van der Waals surface area contributed by atoms with Gasteiger partial charge in [-0.05, 0) is 50.7 Å². The van der Waals surface area contributed by atoms with Crippen molar-refractivity contribution in [3.63, 3.8) is 0 Å². The number of rotatable bonds is 4. The third-order valence-electron chi connectivity index (χ3n) is 4.69. The summed E-state index contributed by atoms with van der Waals surface area (Å²) < 4.78 is 3.72. The maximum atomic E-state index is 13.2. The van der Waals surface area contributed by atoms with E-state index < -0.39 is 0 Å². The summed E-state index contributed by atoms with van der Waals surface area (Å²) in [5.74, 6) is 0.369. The quantitative estimate of drug-likeness (QED) is 0.414. The zero-order valence-electron chi connectivity index (χ0n) is 16.4. The summed E-state index contributed by atoms with van der Waals surface area (Å²) >= 11 is 5.34. The van der Waals surface area contributed by atoms with Gasteiger partial charge in [0.1, 0.15) is 5.65 Å². The second-order valence-electron chi connectivity index (χ2n) is 6.80. The molecule has 4 aromatic rings. The van der Waals surface area contributed by atoms with Crippen LogP contribution in [-0.4, -0.2) is 30.6 Å². The minimum Gasteiger partial charge on any atom is -0.332 e. The van der Waals surface area contributed by atoms with E-state index in [1.807, 2.05) is 55.7 Å². The van der Waals surface area contributed by atoms with Crippen molar-refractivity contribution in [3.8, 4) is 11.4 Å². The molecule has 0 saturated carbocycles. The molecule has 1 aromatic carbocycles. The van der Waals surface area contributed by atoms with Gasteiger partial charge in [-0.2, -0.15) is 14.9 Å². The monoisotopic (exact) mass is 404 g/mol. The van der Waals surface area contributed by atoms with E-state index in [0.29, 0.717) is 33.7 Å². The van der Waals surface area contributed by atoms with Crippen LogP contribution in [0.5, 0.6) is 0 Å². The van der Waals surface area contributed by atoms with E-state index >= 15 is 0 Å². The maximum absolute atomic E-state index is 13.2. The molecular weight excluding hydrogens is 384 g/mol. The third kappa shape index (κ3) is 3.54. The number of pyridine rings is 2. The van der Waals surface area contributed by atoms with Crippen LogP contribution in [0.15, 0.2) is 52.5 Å². The average molecular weight is 404 g/mol. The third-order valence-corrected chi connectivity index (χ3v) is 4.96. The van der Waals surface area contributed by atoms with Crippen LogP contribution in [0.1, 0.15) is 23.7 Å². The molecule has 0 aliphatic heterocycles. The highest BCUT2D eigenvalue weighted by molar-refractivity contribution is 7.71. The number of benzene rings is 1. The SMILES string of the molecule is CCn1cc(-c2n[nH]c(=S)n2/N=C/c2ccc(C)cc2)c(=O)c2ccc(C)nc21. The molecular formula is C21H20N6OS. The number of nitrogens with zero attached hydrogens (tertiary/aromatic N) is 5. The normalized spacial score (nSPS) is 11.6. The molecule has 0 spiro atoms. The zero-order chi connectivity index (χ0) is 20.5. The van der Waals surface area contributed by atoms with Crippen molar-refractivity contribution >= 4 is 29.5 Å². The van der Waals surface area contributed by atoms with E-state index in [2.05, 4.69) is 20.3 Å². The lowest BCUT2D eigenvalue weighted by Crippen LogP contribution is -2.15. The molecule has 0 fully saturated rings. The lowest BCUT2D eigenvalue weighted by molar-refractivity contribution is 0.773. The number of nitrogens with one attached hydrogen (secondary N) is 1. The fourth-order valence-corrected chi connectivity index (χ4v) is 3.29. The van der Waals surface area contributed by atoms with Gasteiger partial charge in [0.2, 0.25) is 10.2 Å². The molecule has 1 N–H and O–H groups in total. The Morgan fingerprint density at radius 3 is 2.66 bits per heavy atom. The summed E-state index contributed by atoms with van der Waals surface area (Å²) in [5, 5.41) is 12.0. The van der Waals surface area contributed by atoms with Crippen molar-refractivity contribution in [3.05, 3.63) is 74.4 Å². The Kier molecular flexibility index (Phi) is 4.94. The molecule has 0 aliphatic carbocycles. The van der Waals surface area contributed by atoms with Gasteiger partial charge < -0.3 is 4.57 Å². The fourth-order valence-electron chi connectivity index (χ4n) is 3.11. The van der Waals surface area contributed by atoms with Gasteiger partial charge in [-0.1, -0.05) is 29.8 Å². The molecule has 3 heterocycles. The molecule has 0 aliphatic rings. The van der Waals surface area contributed by atoms with Crippen molar-refractivity contribution in [2.45, 2.75) is 27.3 Å². The molecule has 7 nitrogen and oxygen atoms in total. The van der Waals surface area contributed by atoms with Crippen LogP contribution in [0, 0.1) is 18.6 Å². The molecule has 4 rings (SSSR count). The zero-order valence-corrected chi connectivity index (χ0v) is 17.2. The first-order valence-electron chi connectivity index (χ1n) is 9.27. The highest BCUT2D eigenvalue weighted by Gasteiger charge is 2.17. The van der Waals surface area contributed by atoms with Crippen LogP contribution < -0.4 is 5.43 Å². The predicted molar refractivity (Wildman–Crippen MR) is 117 cm³/mol. The predicted octanol–water partition coefficient (Wildman–Crippen LogP) is 3.84. The topological polar surface area (TPSA) is 80.9 Å². The largest absolute Gasteiger partial charge is 0.332 e. The van der Waals surface area contributed by atoms with E-state index in [1.165, 1.54) is 10.2 Å². The second kappa shape index (κ2) is 7.56. The van der Waals surface area contributed by atoms with E-state index in [-0.39, 0.29) is 5.43 Å². The summed E-state index contributed by atoms with van der Waals surface area (Å²) in [5.41, 5.74) is 3.87. The van der Waals surface area contributed by atoms with E-state index in [4.69, 9.17) is 12.2 Å². The van der Waals surface area contributed by atoms with Crippen LogP contribution in [0.3, 0.4) is 0 Å². The van der Waals surface area contributed by atoms with Crippen LogP contribution >= 0.6 is 12.2 Å². The maximum Gasteiger partial charge on any atom is 0.216 e. The highest BCUT2D eigenvalue weighted by atomic mass is 32.1. The smallest absolute Gasteiger partial charge is 0.216 e. The van der Waals surface area contributed by atoms with Gasteiger partial charge in [0.05, 0.1) is 17.2 Å². The molecule has 29 heavy (non-hydrogen) atoms. The summed E-state index contributed by atoms with van der Waals surface area (Å²) in [6.45, 7) is 6.60. The van der Waals surface area contributed by atoms with Gasteiger partial charge in [-0.25, -0.2) is 10.1 Å². The van der Waals surface area contributed by atoms with Gasteiger partial charge in [-0.15, -0.1) is 0 Å². The van der Waals surface area contributed by atoms with Crippen molar-refractivity contribution in [1.29, 1.82) is 0 Å². The Morgan fingerprint density at radius 2 is 1.93 bits per heavy atom. The van der Waals surface area contributed by atoms with Crippen molar-refractivity contribution in [1.82, 2.24) is 24.4 Å². The first kappa shape index (κ1) is 18.9. The Balaban J connectivity index is 1.88. The number of hydrogen-bond acceptors (Lipinski definition) is 5. The minimum atomic E-state index is -0.155. The number of fused-ring (bicyclic) bond motifs is 1. The molecule has 0 radical (unpaired) electrons. The molecule has 0 bridgehead atoms. The van der Waals surface area contributed by atoms with Crippen LogP contribution in [-0.2, 0) is 6.54 Å². The number of aromatic amines is 1. The van der Waals surface area contributed by atoms with Crippen LogP contribution in [0.4, 0.5) is 0 Å². The molecule has 3 aromatic heterocycles. The van der Waals surface area contributed by atoms with Gasteiger partial charge >= 0.3 is 0 Å². The summed E-state index contributed by atoms with van der Waals surface area (Å²) in [4.78, 5) is 17.7. The molecule has 0 unspecified atom stereocenters. The molecule has 0 saturated heterocycles. The average Bonchev–Trinajstić information content (AvgIpc) is 3.08. The van der Waals surface area contributed by atoms with Gasteiger partial charge in [-0.3, -0.25) is 4.79 Å². The van der Waals surface area contributed by atoms with Gasteiger partial charge in [0.25, 0.3) is 0 Å². The summed E-state index contributed by atoms with van der Waals surface area (Å²) in [6.07, 6.45) is 3.46. The molecule has 0 atom stereocenters. The standard InChI is InChI=1S/C21H20N6OS/c1-4-26-12-17(18(28)16-10-7-14(3)23-19(16)26)20-24-25-21(29)27(20)22-11-15-8-5-13(2)6-9-15/h5-12H,4H2,1-3H3,(H,25,29)/b22-11+. The number of hydrogen-bond donors (Lipinski definition) is 1.